The smallest absolute Gasteiger partial charge is 0.408 e. The molecule has 1 aromatic heterocycles. The van der Waals surface area contributed by atoms with E-state index < -0.39 is 24.0 Å². The number of ether oxygens (including phenoxy) is 2. The predicted octanol–water partition coefficient (Wildman–Crippen LogP) is 3.07. The van der Waals surface area contributed by atoms with Crippen LogP contribution < -0.4 is 16.4 Å². The molecular weight excluding hydrogens is 382 g/mol. The van der Waals surface area contributed by atoms with Gasteiger partial charge in [0.05, 0.1) is 17.2 Å². The number of amides is 2. The van der Waals surface area contributed by atoms with Gasteiger partial charge in [-0.15, -0.1) is 0 Å². The Morgan fingerprint density at radius 2 is 1.86 bits per heavy atom. The lowest BCUT2D eigenvalue weighted by atomic mass is 10.2. The molecular formula is C19H23N3O5S. The van der Waals surface area contributed by atoms with E-state index in [2.05, 4.69) is 10.6 Å². The van der Waals surface area contributed by atoms with Crippen LogP contribution in [0.1, 0.15) is 35.3 Å². The molecule has 1 atom stereocenters. The Balaban J connectivity index is 1.96. The molecule has 4 N–H and O–H groups in total. The van der Waals surface area contributed by atoms with Gasteiger partial charge in [0, 0.05) is 0 Å². The molecule has 1 aromatic carbocycles. The predicted molar refractivity (Wildman–Crippen MR) is 107 cm³/mol. The second-order valence-corrected chi connectivity index (χ2v) is 6.99. The maximum Gasteiger partial charge on any atom is 0.408 e. The molecule has 0 unspecified atom stereocenters. The van der Waals surface area contributed by atoms with Crippen LogP contribution in [0.15, 0.2) is 30.3 Å². The second kappa shape index (κ2) is 9.75. The first kappa shape index (κ1) is 21.2. The van der Waals surface area contributed by atoms with Crippen LogP contribution in [-0.4, -0.2) is 30.6 Å². The summed E-state index contributed by atoms with van der Waals surface area (Å²) < 4.78 is 10.1. The zero-order chi connectivity index (χ0) is 20.7. The van der Waals surface area contributed by atoms with E-state index in [1.807, 2.05) is 30.3 Å². The highest BCUT2D eigenvalue weighted by Crippen LogP contribution is 2.35. The van der Waals surface area contributed by atoms with Crippen molar-refractivity contribution in [3.63, 3.8) is 0 Å². The van der Waals surface area contributed by atoms with E-state index >= 15 is 0 Å². The maximum atomic E-state index is 12.4. The third-order valence-electron chi connectivity index (χ3n) is 3.84. The number of nitrogen functional groups attached to an aromatic ring is 1. The molecule has 1 heterocycles. The van der Waals surface area contributed by atoms with Gasteiger partial charge in [-0.05, 0) is 31.9 Å². The molecule has 2 aromatic rings. The third-order valence-corrected chi connectivity index (χ3v) is 4.88. The number of esters is 1. The zero-order valence-corrected chi connectivity index (χ0v) is 16.7. The fraction of sp³-hybridized carbons (Fsp3) is 0.316. The Morgan fingerprint density at radius 3 is 2.50 bits per heavy atom. The average Bonchev–Trinajstić information content (AvgIpc) is 2.94. The van der Waals surface area contributed by atoms with Crippen LogP contribution in [0.25, 0.3) is 0 Å². The molecule has 0 aliphatic rings. The van der Waals surface area contributed by atoms with Gasteiger partial charge in [0.1, 0.15) is 17.6 Å². The van der Waals surface area contributed by atoms with Crippen LogP contribution in [-0.2, 0) is 20.9 Å². The van der Waals surface area contributed by atoms with E-state index in [0.29, 0.717) is 10.6 Å². The summed E-state index contributed by atoms with van der Waals surface area (Å²) >= 11 is 1.07. The summed E-state index contributed by atoms with van der Waals surface area (Å²) in [6, 6.07) is 8.29. The summed E-state index contributed by atoms with van der Waals surface area (Å²) in [5.41, 5.74) is 7.47. The quantitative estimate of drug-likeness (QED) is 0.609. The number of hydrogen-bond donors (Lipinski definition) is 3. The van der Waals surface area contributed by atoms with Crippen molar-refractivity contribution in [1.29, 1.82) is 0 Å². The first-order valence-corrected chi connectivity index (χ1v) is 9.49. The first-order chi connectivity index (χ1) is 13.3. The van der Waals surface area contributed by atoms with Crippen molar-refractivity contribution in [2.75, 3.05) is 17.7 Å². The Hall–Kier alpha value is -3.07. The molecule has 0 saturated heterocycles. The number of rotatable bonds is 7. The molecule has 150 valence electrons. The van der Waals surface area contributed by atoms with Gasteiger partial charge in [-0.1, -0.05) is 41.7 Å². The standard InChI is InChI=1S/C19H23N3O5S/c1-4-26-18(24)14-11(2)15(20)28-17(14)22-16(23)12(3)21-19(25)27-10-13-8-6-5-7-9-13/h5-9,12H,4,10,20H2,1-3H3,(H,21,25)(H,22,23)/t12-/m0/s1. The number of alkyl carbamates (subject to hydrolysis) is 1. The minimum Gasteiger partial charge on any atom is -0.462 e. The Kier molecular flexibility index (Phi) is 7.39. The Bertz CT molecular complexity index is 851. The minimum absolute atomic E-state index is 0.0919. The highest BCUT2D eigenvalue weighted by atomic mass is 32.1. The molecule has 0 aliphatic heterocycles. The number of hydrogen-bond acceptors (Lipinski definition) is 7. The van der Waals surface area contributed by atoms with E-state index in [-0.39, 0.29) is 23.8 Å². The second-order valence-electron chi connectivity index (χ2n) is 5.93. The van der Waals surface area contributed by atoms with Crippen molar-refractivity contribution < 1.29 is 23.9 Å². The molecule has 9 heteroatoms. The Labute approximate surface area is 167 Å². The molecule has 2 amide bonds. The van der Waals surface area contributed by atoms with Gasteiger partial charge in [0.15, 0.2) is 0 Å². The van der Waals surface area contributed by atoms with Crippen LogP contribution in [0.4, 0.5) is 14.8 Å². The summed E-state index contributed by atoms with van der Waals surface area (Å²) in [5.74, 6) is -1.07. The van der Waals surface area contributed by atoms with Crippen LogP contribution in [0.5, 0.6) is 0 Å². The fourth-order valence-electron chi connectivity index (χ4n) is 2.30. The monoisotopic (exact) mass is 405 g/mol. The highest BCUT2D eigenvalue weighted by Gasteiger charge is 2.25. The van der Waals surface area contributed by atoms with Gasteiger partial charge in [0.2, 0.25) is 5.91 Å². The molecule has 28 heavy (non-hydrogen) atoms. The largest absolute Gasteiger partial charge is 0.462 e. The van der Waals surface area contributed by atoms with Gasteiger partial charge in [0.25, 0.3) is 0 Å². The van der Waals surface area contributed by atoms with Crippen LogP contribution in [0.2, 0.25) is 0 Å². The number of nitrogens with one attached hydrogen (secondary N) is 2. The van der Waals surface area contributed by atoms with Gasteiger partial charge in [-0.25, -0.2) is 9.59 Å². The highest BCUT2D eigenvalue weighted by molar-refractivity contribution is 7.20. The van der Waals surface area contributed by atoms with Crippen LogP contribution >= 0.6 is 11.3 Å². The molecule has 2 rings (SSSR count). The Morgan fingerprint density at radius 1 is 1.18 bits per heavy atom. The van der Waals surface area contributed by atoms with E-state index in [4.69, 9.17) is 15.2 Å². The lowest BCUT2D eigenvalue weighted by Crippen LogP contribution is -2.41. The summed E-state index contributed by atoms with van der Waals surface area (Å²) in [6.07, 6.45) is -0.723. The summed E-state index contributed by atoms with van der Waals surface area (Å²) in [4.78, 5) is 36.4. The SMILES string of the molecule is CCOC(=O)c1c(NC(=O)[C@H](C)NC(=O)OCc2ccccc2)sc(N)c1C. The topological polar surface area (TPSA) is 120 Å². The van der Waals surface area contributed by atoms with Gasteiger partial charge < -0.3 is 25.8 Å². The van der Waals surface area contributed by atoms with Crippen molar-refractivity contribution in [3.8, 4) is 0 Å². The number of anilines is 2. The lowest BCUT2D eigenvalue weighted by molar-refractivity contribution is -0.117. The average molecular weight is 405 g/mol. The number of thiophene rings is 1. The maximum absolute atomic E-state index is 12.4. The van der Waals surface area contributed by atoms with Crippen molar-refractivity contribution >= 4 is 39.3 Å². The van der Waals surface area contributed by atoms with Gasteiger partial charge >= 0.3 is 12.1 Å². The minimum atomic E-state index is -0.887. The summed E-state index contributed by atoms with van der Waals surface area (Å²) in [6.45, 7) is 5.17. The van der Waals surface area contributed by atoms with Crippen molar-refractivity contribution in [2.45, 2.75) is 33.4 Å². The van der Waals surface area contributed by atoms with Gasteiger partial charge in [-0.3, -0.25) is 4.79 Å². The summed E-state index contributed by atoms with van der Waals surface area (Å²) in [7, 11) is 0. The third kappa shape index (κ3) is 5.46. The number of nitrogens with two attached hydrogens (primary N) is 1. The van der Waals surface area contributed by atoms with Crippen molar-refractivity contribution in [2.24, 2.45) is 0 Å². The number of carbonyl (C=O) groups excluding carboxylic acids is 3. The molecule has 8 nitrogen and oxygen atoms in total. The lowest BCUT2D eigenvalue weighted by Gasteiger charge is -2.14. The molecule has 0 bridgehead atoms. The zero-order valence-electron chi connectivity index (χ0n) is 15.9. The number of benzene rings is 1. The molecule has 0 saturated carbocycles. The van der Waals surface area contributed by atoms with E-state index in [0.717, 1.165) is 16.9 Å². The number of carbonyl (C=O) groups is 3. The van der Waals surface area contributed by atoms with Crippen LogP contribution in [0.3, 0.4) is 0 Å². The van der Waals surface area contributed by atoms with E-state index in [1.54, 1.807) is 13.8 Å². The molecule has 0 spiro atoms. The molecule has 0 fully saturated rings. The van der Waals surface area contributed by atoms with Crippen molar-refractivity contribution in [3.05, 3.63) is 47.0 Å². The molecule has 0 radical (unpaired) electrons. The fourth-order valence-corrected chi connectivity index (χ4v) is 3.26. The summed E-state index contributed by atoms with van der Waals surface area (Å²) in [5, 5.41) is 5.75. The normalized spacial score (nSPS) is 11.4. The molecule has 0 aliphatic carbocycles. The van der Waals surface area contributed by atoms with E-state index in [9.17, 15) is 14.4 Å². The van der Waals surface area contributed by atoms with E-state index in [1.165, 1.54) is 6.92 Å². The first-order valence-electron chi connectivity index (χ1n) is 8.67. The van der Waals surface area contributed by atoms with Gasteiger partial charge in [-0.2, -0.15) is 0 Å². The van der Waals surface area contributed by atoms with Crippen LogP contribution in [0, 0.1) is 6.92 Å². The van der Waals surface area contributed by atoms with Crippen molar-refractivity contribution in [1.82, 2.24) is 5.32 Å².